The molecule has 0 bridgehead atoms. The number of nitrogens with zero attached hydrogens (tertiary/aromatic N) is 2. The first-order chi connectivity index (χ1) is 11.6. The van der Waals surface area contributed by atoms with E-state index in [0.717, 1.165) is 5.56 Å². The van der Waals surface area contributed by atoms with E-state index in [0.29, 0.717) is 31.1 Å². The molecule has 5 heteroatoms. The van der Waals surface area contributed by atoms with Crippen LogP contribution in [0.5, 0.6) is 5.88 Å². The van der Waals surface area contributed by atoms with Crippen LogP contribution in [-0.2, 0) is 11.3 Å². The second-order valence-corrected chi connectivity index (χ2v) is 6.12. The van der Waals surface area contributed by atoms with Crippen LogP contribution in [0.4, 0.5) is 0 Å². The van der Waals surface area contributed by atoms with Crippen LogP contribution < -0.4 is 4.74 Å². The summed E-state index contributed by atoms with van der Waals surface area (Å²) in [6, 6.07) is 13.3. The van der Waals surface area contributed by atoms with Gasteiger partial charge in [0.2, 0.25) is 5.88 Å². The monoisotopic (exact) mass is 326 g/mol. The molecule has 0 N–H and O–H groups in total. The third kappa shape index (κ3) is 4.11. The highest BCUT2D eigenvalue weighted by Gasteiger charge is 2.26. The molecule has 0 unspecified atom stereocenters. The van der Waals surface area contributed by atoms with E-state index in [1.807, 2.05) is 49.1 Å². The molecule has 0 saturated carbocycles. The van der Waals surface area contributed by atoms with Crippen molar-refractivity contribution in [1.29, 1.82) is 0 Å². The maximum Gasteiger partial charge on any atom is 0.254 e. The first kappa shape index (κ1) is 16.5. The zero-order chi connectivity index (χ0) is 16.9. The summed E-state index contributed by atoms with van der Waals surface area (Å²) in [5.41, 5.74) is 1.65. The minimum Gasteiger partial charge on any atom is -0.473 e. The van der Waals surface area contributed by atoms with Crippen molar-refractivity contribution in [3.8, 4) is 5.88 Å². The van der Waals surface area contributed by atoms with Crippen LogP contribution in [0.15, 0.2) is 48.7 Å². The fourth-order valence-corrected chi connectivity index (χ4v) is 2.88. The molecule has 3 rings (SSSR count). The molecular weight excluding hydrogens is 304 g/mol. The number of hydrogen-bond acceptors (Lipinski definition) is 4. The number of pyridine rings is 1. The smallest absolute Gasteiger partial charge is 0.254 e. The molecule has 1 aliphatic rings. The molecule has 1 aromatic heterocycles. The van der Waals surface area contributed by atoms with Gasteiger partial charge in [0.25, 0.3) is 5.91 Å². The van der Waals surface area contributed by atoms with Gasteiger partial charge >= 0.3 is 0 Å². The molecule has 1 aromatic carbocycles. The van der Waals surface area contributed by atoms with Crippen molar-refractivity contribution in [2.45, 2.75) is 32.7 Å². The van der Waals surface area contributed by atoms with Crippen LogP contribution in [0.1, 0.15) is 29.8 Å². The topological polar surface area (TPSA) is 51.7 Å². The van der Waals surface area contributed by atoms with Crippen LogP contribution in [0.2, 0.25) is 0 Å². The molecule has 0 spiro atoms. The third-order valence-corrected chi connectivity index (χ3v) is 3.92. The Labute approximate surface area is 142 Å². The summed E-state index contributed by atoms with van der Waals surface area (Å²) < 4.78 is 11.4. The zero-order valence-corrected chi connectivity index (χ0v) is 14.0. The molecule has 1 saturated heterocycles. The quantitative estimate of drug-likeness (QED) is 0.867. The lowest BCUT2D eigenvalue weighted by Crippen LogP contribution is -2.48. The molecule has 0 aliphatic carbocycles. The Morgan fingerprint density at radius 3 is 2.62 bits per heavy atom. The Bertz CT molecular complexity index is 680. The molecule has 1 fully saturated rings. The predicted octanol–water partition coefficient (Wildman–Crippen LogP) is 2.91. The van der Waals surface area contributed by atoms with E-state index in [2.05, 4.69) is 4.98 Å². The van der Waals surface area contributed by atoms with Gasteiger partial charge in [0, 0.05) is 30.9 Å². The number of carbonyl (C=O) groups excluding carboxylic acids is 1. The van der Waals surface area contributed by atoms with E-state index in [1.165, 1.54) is 0 Å². The maximum absolute atomic E-state index is 12.7. The second kappa shape index (κ2) is 7.45. The van der Waals surface area contributed by atoms with Gasteiger partial charge in [-0.15, -0.1) is 0 Å². The maximum atomic E-state index is 12.7. The summed E-state index contributed by atoms with van der Waals surface area (Å²) in [5, 5.41) is 0. The largest absolute Gasteiger partial charge is 0.473 e. The SMILES string of the molecule is C[C@@H]1CN(C(=O)c2ccnc(OCc3ccccc3)c2)C[C@@H](C)O1. The Kier molecular flexibility index (Phi) is 5.11. The summed E-state index contributed by atoms with van der Waals surface area (Å²) in [6.07, 6.45) is 1.71. The van der Waals surface area contributed by atoms with Crippen LogP contribution >= 0.6 is 0 Å². The van der Waals surface area contributed by atoms with Gasteiger partial charge in [0.05, 0.1) is 12.2 Å². The van der Waals surface area contributed by atoms with Crippen molar-refractivity contribution < 1.29 is 14.3 Å². The van der Waals surface area contributed by atoms with Crippen molar-refractivity contribution in [2.75, 3.05) is 13.1 Å². The highest BCUT2D eigenvalue weighted by molar-refractivity contribution is 5.94. The van der Waals surface area contributed by atoms with Crippen LogP contribution in [0, 0.1) is 0 Å². The minimum absolute atomic E-state index is 0.0102. The number of rotatable bonds is 4. The Morgan fingerprint density at radius 2 is 1.92 bits per heavy atom. The van der Waals surface area contributed by atoms with E-state index >= 15 is 0 Å². The molecule has 2 aromatic rings. The normalized spacial score (nSPS) is 20.7. The van der Waals surface area contributed by atoms with E-state index in [1.54, 1.807) is 18.3 Å². The lowest BCUT2D eigenvalue weighted by Gasteiger charge is -2.35. The summed E-state index contributed by atoms with van der Waals surface area (Å²) in [7, 11) is 0. The van der Waals surface area contributed by atoms with Gasteiger partial charge in [0.1, 0.15) is 6.61 Å². The van der Waals surface area contributed by atoms with Gasteiger partial charge in [-0.05, 0) is 25.5 Å². The Hall–Kier alpha value is -2.40. The Balaban J connectivity index is 1.67. The molecule has 24 heavy (non-hydrogen) atoms. The summed E-state index contributed by atoms with van der Waals surface area (Å²) in [6.45, 7) is 5.60. The number of carbonyl (C=O) groups is 1. The average molecular weight is 326 g/mol. The number of morpholine rings is 1. The first-order valence-corrected chi connectivity index (χ1v) is 8.19. The van der Waals surface area contributed by atoms with E-state index in [4.69, 9.17) is 9.47 Å². The summed E-state index contributed by atoms with van der Waals surface area (Å²) in [4.78, 5) is 18.7. The van der Waals surface area contributed by atoms with Crippen LogP contribution in [0.25, 0.3) is 0 Å². The van der Waals surface area contributed by atoms with Gasteiger partial charge in [-0.1, -0.05) is 30.3 Å². The molecule has 5 nitrogen and oxygen atoms in total. The van der Waals surface area contributed by atoms with Crippen molar-refractivity contribution >= 4 is 5.91 Å². The van der Waals surface area contributed by atoms with Crippen LogP contribution in [-0.4, -0.2) is 41.1 Å². The molecule has 1 aliphatic heterocycles. The number of amides is 1. The lowest BCUT2D eigenvalue weighted by atomic mass is 10.1. The highest BCUT2D eigenvalue weighted by atomic mass is 16.5. The standard InChI is InChI=1S/C19H22N2O3/c1-14-11-21(12-15(2)24-14)19(22)17-8-9-20-18(10-17)23-13-16-6-4-3-5-7-16/h3-10,14-15H,11-13H2,1-2H3/t14-,15-/m1/s1. The van der Waals surface area contributed by atoms with E-state index in [9.17, 15) is 4.79 Å². The van der Waals surface area contributed by atoms with Crippen molar-refractivity contribution in [1.82, 2.24) is 9.88 Å². The van der Waals surface area contributed by atoms with Crippen molar-refractivity contribution in [2.24, 2.45) is 0 Å². The van der Waals surface area contributed by atoms with E-state index < -0.39 is 0 Å². The number of benzene rings is 1. The number of hydrogen-bond donors (Lipinski definition) is 0. The molecule has 2 heterocycles. The molecule has 0 radical (unpaired) electrons. The second-order valence-electron chi connectivity index (χ2n) is 6.12. The van der Waals surface area contributed by atoms with Crippen molar-refractivity contribution in [3.05, 3.63) is 59.8 Å². The van der Waals surface area contributed by atoms with Crippen molar-refractivity contribution in [3.63, 3.8) is 0 Å². The van der Waals surface area contributed by atoms with Gasteiger partial charge < -0.3 is 14.4 Å². The minimum atomic E-state index is -0.0102. The highest BCUT2D eigenvalue weighted by Crippen LogP contribution is 2.17. The van der Waals surface area contributed by atoms with E-state index in [-0.39, 0.29) is 18.1 Å². The van der Waals surface area contributed by atoms with Gasteiger partial charge in [-0.2, -0.15) is 0 Å². The molecular formula is C19H22N2O3. The van der Waals surface area contributed by atoms with Crippen LogP contribution in [0.3, 0.4) is 0 Å². The molecule has 1 amide bonds. The van der Waals surface area contributed by atoms with Gasteiger partial charge in [0.15, 0.2) is 0 Å². The third-order valence-electron chi connectivity index (χ3n) is 3.92. The fourth-order valence-electron chi connectivity index (χ4n) is 2.88. The lowest BCUT2D eigenvalue weighted by molar-refractivity contribution is -0.0586. The van der Waals surface area contributed by atoms with Gasteiger partial charge in [-0.25, -0.2) is 4.98 Å². The first-order valence-electron chi connectivity index (χ1n) is 8.19. The fraction of sp³-hybridized carbons (Fsp3) is 0.368. The molecule has 126 valence electrons. The molecule has 2 atom stereocenters. The Morgan fingerprint density at radius 1 is 1.21 bits per heavy atom. The number of ether oxygens (including phenoxy) is 2. The summed E-state index contributed by atoms with van der Waals surface area (Å²) in [5.74, 6) is 0.447. The summed E-state index contributed by atoms with van der Waals surface area (Å²) >= 11 is 0. The van der Waals surface area contributed by atoms with Gasteiger partial charge in [-0.3, -0.25) is 4.79 Å². The predicted molar refractivity (Wildman–Crippen MR) is 90.9 cm³/mol. The number of aromatic nitrogens is 1. The zero-order valence-electron chi connectivity index (χ0n) is 14.0. The average Bonchev–Trinajstić information content (AvgIpc) is 2.59.